The van der Waals surface area contributed by atoms with Crippen LogP contribution in [0.1, 0.15) is 26.3 Å². The Labute approximate surface area is 183 Å². The van der Waals surface area contributed by atoms with Gasteiger partial charge in [0.15, 0.2) is 11.5 Å². The van der Waals surface area contributed by atoms with Crippen molar-refractivity contribution in [3.05, 3.63) is 54.1 Å². The van der Waals surface area contributed by atoms with Crippen molar-refractivity contribution in [3.63, 3.8) is 0 Å². The number of nitrogens with zero attached hydrogens (tertiary/aromatic N) is 1. The van der Waals surface area contributed by atoms with Gasteiger partial charge in [-0.05, 0) is 56.7 Å². The fraction of sp³-hybridized carbons (Fsp3) is 0.333. The molecule has 0 spiro atoms. The molecule has 0 atom stereocenters. The quantitative estimate of drug-likeness (QED) is 0.581. The number of benzene rings is 2. The first-order valence-electron chi connectivity index (χ1n) is 10.1. The van der Waals surface area contributed by atoms with E-state index in [0.717, 1.165) is 5.56 Å². The number of hydrogen-bond acceptors (Lipinski definition) is 5. The van der Waals surface area contributed by atoms with Gasteiger partial charge in [-0.2, -0.15) is 0 Å². The van der Waals surface area contributed by atoms with Crippen molar-refractivity contribution in [1.29, 1.82) is 0 Å². The molecule has 7 nitrogen and oxygen atoms in total. The molecule has 0 aliphatic heterocycles. The van der Waals surface area contributed by atoms with Crippen LogP contribution in [0.2, 0.25) is 0 Å². The van der Waals surface area contributed by atoms with Crippen LogP contribution in [-0.2, 0) is 9.59 Å². The summed E-state index contributed by atoms with van der Waals surface area (Å²) in [5.41, 5.74) is 1.40. The first kappa shape index (κ1) is 23.8. The molecule has 2 aromatic rings. The summed E-state index contributed by atoms with van der Waals surface area (Å²) in [7, 11) is 3.13. The molecule has 1 N–H and O–H groups in total. The number of nitrogens with one attached hydrogen (secondary N) is 1. The van der Waals surface area contributed by atoms with Crippen molar-refractivity contribution >= 4 is 23.6 Å². The van der Waals surface area contributed by atoms with Gasteiger partial charge in [0.1, 0.15) is 12.3 Å². The summed E-state index contributed by atoms with van der Waals surface area (Å²) in [6, 6.07) is 12.5. The van der Waals surface area contributed by atoms with Crippen LogP contribution in [0.25, 0.3) is 6.08 Å². The highest BCUT2D eigenvalue weighted by Gasteiger charge is 2.14. The lowest BCUT2D eigenvalue weighted by molar-refractivity contribution is -0.130. The van der Waals surface area contributed by atoms with Crippen LogP contribution >= 0.6 is 0 Å². The summed E-state index contributed by atoms with van der Waals surface area (Å²) in [4.78, 5) is 26.4. The molecule has 7 heteroatoms. The number of carbonyl (C=O) groups excluding carboxylic acids is 2. The molecule has 166 valence electrons. The zero-order valence-electron chi connectivity index (χ0n) is 18.7. The molecule has 0 heterocycles. The zero-order chi connectivity index (χ0) is 22.8. The van der Waals surface area contributed by atoms with Gasteiger partial charge in [0.2, 0.25) is 11.8 Å². The fourth-order valence-corrected chi connectivity index (χ4v) is 2.83. The van der Waals surface area contributed by atoms with Crippen LogP contribution < -0.4 is 19.5 Å². The lowest BCUT2D eigenvalue weighted by atomic mass is 10.2. The van der Waals surface area contributed by atoms with Gasteiger partial charge in [-0.1, -0.05) is 12.1 Å². The first-order chi connectivity index (χ1) is 14.9. The lowest BCUT2D eigenvalue weighted by Crippen LogP contribution is -2.36. The maximum atomic E-state index is 12.6. The molecular formula is C24H30N2O5. The standard InChI is InChI=1S/C24H30N2O5/c1-6-26(16-23(27)25-19-8-7-9-20(15-19)29-4)24(28)13-11-18-10-12-21(31-17(2)3)22(14-18)30-5/h7-15,17H,6,16H2,1-5H3,(H,25,27)/b13-11+. The van der Waals surface area contributed by atoms with E-state index in [4.69, 9.17) is 14.2 Å². The Morgan fingerprint density at radius 1 is 1.06 bits per heavy atom. The normalized spacial score (nSPS) is 10.8. The molecule has 0 fully saturated rings. The molecule has 0 saturated heterocycles. The highest BCUT2D eigenvalue weighted by atomic mass is 16.5. The van der Waals surface area contributed by atoms with E-state index in [9.17, 15) is 9.59 Å². The van der Waals surface area contributed by atoms with Crippen LogP contribution in [0.5, 0.6) is 17.2 Å². The predicted octanol–water partition coefficient (Wildman–Crippen LogP) is 3.99. The molecule has 0 aromatic heterocycles. The summed E-state index contributed by atoms with van der Waals surface area (Å²) in [5, 5.41) is 2.78. The third kappa shape index (κ3) is 7.37. The zero-order valence-corrected chi connectivity index (χ0v) is 18.7. The summed E-state index contributed by atoms with van der Waals surface area (Å²) in [5.74, 6) is 1.33. The Hall–Kier alpha value is -3.48. The van der Waals surface area contributed by atoms with Crippen LogP contribution in [0.4, 0.5) is 5.69 Å². The van der Waals surface area contributed by atoms with Gasteiger partial charge < -0.3 is 24.4 Å². The molecule has 0 aliphatic carbocycles. The predicted molar refractivity (Wildman–Crippen MR) is 122 cm³/mol. The summed E-state index contributed by atoms with van der Waals surface area (Å²) in [6.07, 6.45) is 3.16. The number of likely N-dealkylation sites (N-methyl/N-ethyl adjacent to an activating group) is 1. The molecule has 0 bridgehead atoms. The van der Waals surface area contributed by atoms with Gasteiger partial charge in [-0.3, -0.25) is 9.59 Å². The van der Waals surface area contributed by atoms with Gasteiger partial charge >= 0.3 is 0 Å². The molecule has 0 radical (unpaired) electrons. The second-order valence-corrected chi connectivity index (χ2v) is 7.04. The Morgan fingerprint density at radius 2 is 1.84 bits per heavy atom. The van der Waals surface area contributed by atoms with E-state index in [-0.39, 0.29) is 24.5 Å². The number of carbonyl (C=O) groups is 2. The molecule has 2 amide bonds. The fourth-order valence-electron chi connectivity index (χ4n) is 2.83. The SMILES string of the molecule is CCN(CC(=O)Nc1cccc(OC)c1)C(=O)/C=C/c1ccc(OC(C)C)c(OC)c1. The number of ether oxygens (including phenoxy) is 3. The van der Waals surface area contributed by atoms with Gasteiger partial charge in [-0.15, -0.1) is 0 Å². The Morgan fingerprint density at radius 3 is 2.48 bits per heavy atom. The largest absolute Gasteiger partial charge is 0.497 e. The Kier molecular flexibility index (Phi) is 8.94. The topological polar surface area (TPSA) is 77.1 Å². The third-order valence-corrected chi connectivity index (χ3v) is 4.35. The van der Waals surface area contributed by atoms with Gasteiger partial charge in [0, 0.05) is 24.4 Å². The minimum absolute atomic E-state index is 0.0260. The molecule has 31 heavy (non-hydrogen) atoms. The first-order valence-corrected chi connectivity index (χ1v) is 10.1. The molecule has 0 saturated carbocycles. The average molecular weight is 427 g/mol. The summed E-state index contributed by atoms with van der Waals surface area (Å²) >= 11 is 0. The Bertz CT molecular complexity index is 924. The number of rotatable bonds is 10. The minimum Gasteiger partial charge on any atom is -0.497 e. The van der Waals surface area contributed by atoms with E-state index in [1.807, 2.05) is 32.9 Å². The summed E-state index contributed by atoms with van der Waals surface area (Å²) < 4.78 is 16.2. The number of hydrogen-bond donors (Lipinski definition) is 1. The van der Waals surface area contributed by atoms with Crippen molar-refractivity contribution in [1.82, 2.24) is 4.90 Å². The second-order valence-electron chi connectivity index (χ2n) is 7.04. The van der Waals surface area contributed by atoms with Crippen LogP contribution in [0.3, 0.4) is 0 Å². The van der Waals surface area contributed by atoms with Gasteiger partial charge in [-0.25, -0.2) is 0 Å². The maximum absolute atomic E-state index is 12.6. The van der Waals surface area contributed by atoms with Crippen molar-refractivity contribution in [2.75, 3.05) is 32.6 Å². The van der Waals surface area contributed by atoms with E-state index in [0.29, 0.717) is 29.5 Å². The second kappa shape index (κ2) is 11.6. The summed E-state index contributed by atoms with van der Waals surface area (Å²) in [6.45, 7) is 6.05. The van der Waals surface area contributed by atoms with Gasteiger partial charge in [0.25, 0.3) is 0 Å². The molecule has 0 unspecified atom stereocenters. The minimum atomic E-state index is -0.284. The van der Waals surface area contributed by atoms with E-state index in [1.54, 1.807) is 50.6 Å². The molecule has 2 rings (SSSR count). The average Bonchev–Trinajstić information content (AvgIpc) is 2.76. The van der Waals surface area contributed by atoms with Crippen molar-refractivity contribution in [2.24, 2.45) is 0 Å². The smallest absolute Gasteiger partial charge is 0.247 e. The van der Waals surface area contributed by atoms with E-state index in [1.165, 1.54) is 11.0 Å². The van der Waals surface area contributed by atoms with Gasteiger partial charge in [0.05, 0.1) is 20.3 Å². The highest BCUT2D eigenvalue weighted by Crippen LogP contribution is 2.29. The van der Waals surface area contributed by atoms with E-state index < -0.39 is 0 Å². The van der Waals surface area contributed by atoms with Crippen LogP contribution in [0, 0.1) is 0 Å². The third-order valence-electron chi connectivity index (χ3n) is 4.35. The number of amides is 2. The van der Waals surface area contributed by atoms with Crippen molar-refractivity contribution in [2.45, 2.75) is 26.9 Å². The number of anilines is 1. The van der Waals surface area contributed by atoms with E-state index in [2.05, 4.69) is 5.32 Å². The molecular weight excluding hydrogens is 396 g/mol. The van der Waals surface area contributed by atoms with E-state index >= 15 is 0 Å². The van der Waals surface area contributed by atoms with Crippen LogP contribution in [-0.4, -0.2) is 50.1 Å². The monoisotopic (exact) mass is 426 g/mol. The van der Waals surface area contributed by atoms with Crippen molar-refractivity contribution < 1.29 is 23.8 Å². The maximum Gasteiger partial charge on any atom is 0.247 e. The molecule has 2 aromatic carbocycles. The molecule has 0 aliphatic rings. The van der Waals surface area contributed by atoms with Crippen LogP contribution in [0.15, 0.2) is 48.5 Å². The lowest BCUT2D eigenvalue weighted by Gasteiger charge is -2.19. The van der Waals surface area contributed by atoms with Crippen molar-refractivity contribution in [3.8, 4) is 17.2 Å². The number of methoxy groups -OCH3 is 2. The Balaban J connectivity index is 2.01. The highest BCUT2D eigenvalue weighted by molar-refractivity contribution is 5.98.